The molecule has 0 spiro atoms. The molecule has 0 saturated carbocycles. The highest BCUT2D eigenvalue weighted by molar-refractivity contribution is 6.02. The topological polar surface area (TPSA) is 88.0 Å². The normalized spacial score (nSPS) is 12.6. The smallest absolute Gasteiger partial charge is 0.272 e. The molecule has 1 aliphatic rings. The Bertz CT molecular complexity index is 1600. The van der Waals surface area contributed by atoms with Gasteiger partial charge in [-0.25, -0.2) is 10.1 Å². The molecule has 0 aliphatic heterocycles. The number of benzene rings is 3. The fraction of sp³-hybridized carbons (Fsp3) is 0.143. The summed E-state index contributed by atoms with van der Waals surface area (Å²) >= 11 is 0. The Labute approximate surface area is 202 Å². The van der Waals surface area contributed by atoms with Gasteiger partial charge in [-0.3, -0.25) is 9.89 Å². The van der Waals surface area contributed by atoms with Gasteiger partial charge in [0.2, 0.25) is 0 Å². The molecule has 2 aromatic heterocycles. The lowest BCUT2D eigenvalue weighted by molar-refractivity contribution is 0.0950. The maximum absolute atomic E-state index is 12.7. The number of aryl methyl sites for hydroxylation is 3. The van der Waals surface area contributed by atoms with Crippen molar-refractivity contribution in [1.29, 1.82) is 0 Å². The zero-order valence-corrected chi connectivity index (χ0v) is 19.5. The molecule has 7 heteroatoms. The van der Waals surface area contributed by atoms with Gasteiger partial charge in [0.25, 0.3) is 5.91 Å². The Balaban J connectivity index is 1.22. The number of rotatable bonds is 5. The molecule has 6 rings (SSSR count). The van der Waals surface area contributed by atoms with Crippen molar-refractivity contribution in [2.24, 2.45) is 5.10 Å². The molecular weight excluding hydrogens is 436 g/mol. The second-order valence-corrected chi connectivity index (χ2v) is 8.81. The van der Waals surface area contributed by atoms with Crippen molar-refractivity contribution >= 4 is 22.9 Å². The summed E-state index contributed by atoms with van der Waals surface area (Å²) in [6.45, 7) is 3.91. The molecule has 35 heavy (non-hydrogen) atoms. The first kappa shape index (κ1) is 21.0. The summed E-state index contributed by atoms with van der Waals surface area (Å²) in [5, 5.41) is 18.6. The summed E-state index contributed by atoms with van der Waals surface area (Å²) in [7, 11) is 0. The van der Waals surface area contributed by atoms with E-state index in [0.717, 1.165) is 46.7 Å². The van der Waals surface area contributed by atoms with Gasteiger partial charge in [0.15, 0.2) is 0 Å². The first-order chi connectivity index (χ1) is 17.1. The lowest BCUT2D eigenvalue weighted by Crippen LogP contribution is -2.18. The Morgan fingerprint density at radius 2 is 1.83 bits per heavy atom. The second kappa shape index (κ2) is 8.36. The number of carbonyl (C=O) groups excluding carboxylic acids is 1. The van der Waals surface area contributed by atoms with E-state index in [1.807, 2.05) is 48.9 Å². The maximum atomic E-state index is 12.7. The summed E-state index contributed by atoms with van der Waals surface area (Å²) < 4.78 is 1.87. The fourth-order valence-corrected chi connectivity index (χ4v) is 4.92. The summed E-state index contributed by atoms with van der Waals surface area (Å²) in [5.41, 5.74) is 11.1. The van der Waals surface area contributed by atoms with Crippen LogP contribution < -0.4 is 5.43 Å². The molecule has 2 N–H and O–H groups in total. The van der Waals surface area contributed by atoms with Crippen molar-refractivity contribution in [3.05, 3.63) is 101 Å². The molecule has 3 aromatic carbocycles. The van der Waals surface area contributed by atoms with Gasteiger partial charge in [0.05, 0.1) is 29.0 Å². The van der Waals surface area contributed by atoms with Crippen molar-refractivity contribution in [3.63, 3.8) is 0 Å². The maximum Gasteiger partial charge on any atom is 0.289 e. The lowest BCUT2D eigenvalue weighted by Gasteiger charge is -2.06. The van der Waals surface area contributed by atoms with Gasteiger partial charge in [-0.15, -0.1) is 0 Å². The number of hydrazone groups is 1. The SMILES string of the molecule is Cc1nn(-c2ccccc2)c(C)c1/C=N/NC(=O)c1cc(-c2ccc3c4c(cccc24)CC3)n[nH]1. The number of nitrogens with one attached hydrogen (secondary N) is 2. The summed E-state index contributed by atoms with van der Waals surface area (Å²) in [4.78, 5) is 12.7. The molecule has 2 heterocycles. The van der Waals surface area contributed by atoms with Crippen molar-refractivity contribution in [2.45, 2.75) is 26.7 Å². The zero-order chi connectivity index (χ0) is 23.9. The van der Waals surface area contributed by atoms with E-state index in [1.165, 1.54) is 21.9 Å². The van der Waals surface area contributed by atoms with E-state index in [1.54, 1.807) is 12.3 Å². The third kappa shape index (κ3) is 3.61. The van der Waals surface area contributed by atoms with Gasteiger partial charge in [-0.05, 0) is 66.8 Å². The number of amides is 1. The van der Waals surface area contributed by atoms with Crippen LogP contribution in [0.3, 0.4) is 0 Å². The Hall–Kier alpha value is -4.52. The number of H-pyrrole nitrogens is 1. The van der Waals surface area contributed by atoms with Gasteiger partial charge in [-0.1, -0.05) is 48.5 Å². The van der Waals surface area contributed by atoms with Crippen molar-refractivity contribution in [2.75, 3.05) is 0 Å². The molecule has 0 radical (unpaired) electrons. The highest BCUT2D eigenvalue weighted by atomic mass is 16.2. The van der Waals surface area contributed by atoms with E-state index in [4.69, 9.17) is 0 Å². The molecule has 0 atom stereocenters. The number of aromatic amines is 1. The average molecular weight is 461 g/mol. The lowest BCUT2D eigenvalue weighted by atomic mass is 9.98. The minimum Gasteiger partial charge on any atom is -0.272 e. The van der Waals surface area contributed by atoms with E-state index in [9.17, 15) is 4.79 Å². The number of aromatic nitrogens is 4. The molecule has 172 valence electrons. The summed E-state index contributed by atoms with van der Waals surface area (Å²) in [5.74, 6) is -0.350. The zero-order valence-electron chi connectivity index (χ0n) is 19.5. The van der Waals surface area contributed by atoms with Gasteiger partial charge < -0.3 is 0 Å². The fourth-order valence-electron chi connectivity index (χ4n) is 4.92. The number of carbonyl (C=O) groups is 1. The number of hydrogen-bond acceptors (Lipinski definition) is 4. The van der Waals surface area contributed by atoms with E-state index in [2.05, 4.69) is 56.2 Å². The first-order valence-corrected chi connectivity index (χ1v) is 11.6. The summed E-state index contributed by atoms with van der Waals surface area (Å²) in [6.07, 6.45) is 3.78. The predicted octanol–water partition coefficient (Wildman–Crippen LogP) is 4.89. The molecule has 7 nitrogen and oxygen atoms in total. The van der Waals surface area contributed by atoms with Gasteiger partial charge in [0.1, 0.15) is 5.69 Å². The van der Waals surface area contributed by atoms with E-state index in [0.29, 0.717) is 5.69 Å². The van der Waals surface area contributed by atoms with E-state index in [-0.39, 0.29) is 5.91 Å². The Morgan fingerprint density at radius 1 is 1.03 bits per heavy atom. The highest BCUT2D eigenvalue weighted by Gasteiger charge is 2.18. The van der Waals surface area contributed by atoms with Crippen molar-refractivity contribution in [1.82, 2.24) is 25.4 Å². The van der Waals surface area contributed by atoms with Crippen molar-refractivity contribution in [3.8, 4) is 16.9 Å². The van der Waals surface area contributed by atoms with Crippen LogP contribution in [0.2, 0.25) is 0 Å². The molecule has 1 amide bonds. The number of para-hydroxylation sites is 1. The number of nitrogens with zero attached hydrogens (tertiary/aromatic N) is 4. The minimum absolute atomic E-state index is 0.350. The van der Waals surface area contributed by atoms with Crippen LogP contribution in [-0.4, -0.2) is 32.1 Å². The third-order valence-corrected chi connectivity index (χ3v) is 6.68. The van der Waals surface area contributed by atoms with Crippen LogP contribution >= 0.6 is 0 Å². The largest absolute Gasteiger partial charge is 0.289 e. The van der Waals surface area contributed by atoms with E-state index >= 15 is 0 Å². The van der Waals surface area contributed by atoms with Gasteiger partial charge in [-0.2, -0.15) is 15.3 Å². The van der Waals surface area contributed by atoms with Crippen LogP contribution in [0.1, 0.15) is 38.6 Å². The quantitative estimate of drug-likeness (QED) is 0.289. The third-order valence-electron chi connectivity index (χ3n) is 6.68. The van der Waals surface area contributed by atoms with Crippen LogP contribution in [-0.2, 0) is 12.8 Å². The molecule has 1 aliphatic carbocycles. The highest BCUT2D eigenvalue weighted by Crippen LogP contribution is 2.36. The van der Waals surface area contributed by atoms with Gasteiger partial charge in [0, 0.05) is 11.1 Å². The molecule has 5 aromatic rings. The van der Waals surface area contributed by atoms with Crippen LogP contribution in [0.15, 0.2) is 71.8 Å². The average Bonchev–Trinajstić information content (AvgIpc) is 3.60. The monoisotopic (exact) mass is 460 g/mol. The summed E-state index contributed by atoms with van der Waals surface area (Å²) in [6, 6.07) is 22.4. The van der Waals surface area contributed by atoms with Crippen LogP contribution in [0.4, 0.5) is 0 Å². The molecule has 0 fully saturated rings. The second-order valence-electron chi connectivity index (χ2n) is 8.81. The van der Waals surface area contributed by atoms with Crippen LogP contribution in [0.5, 0.6) is 0 Å². The molecule has 0 saturated heterocycles. The van der Waals surface area contributed by atoms with Crippen molar-refractivity contribution < 1.29 is 4.79 Å². The Morgan fingerprint density at radius 3 is 2.66 bits per heavy atom. The van der Waals surface area contributed by atoms with E-state index < -0.39 is 0 Å². The molecule has 0 unspecified atom stereocenters. The predicted molar refractivity (Wildman–Crippen MR) is 137 cm³/mol. The standard InChI is InChI=1S/C28H24N6O/c1-17-24(18(2)34(33-17)21-8-4-3-5-9-21)16-29-32-28(35)26-15-25(30-31-26)22-14-13-20-12-11-19-7-6-10-23(22)27(19)20/h3-10,13-16H,11-12H2,1-2H3,(H,30,31)(H,32,35)/b29-16+. The Kier molecular flexibility index (Phi) is 5.03. The van der Waals surface area contributed by atoms with Crippen LogP contribution in [0.25, 0.3) is 27.7 Å². The van der Waals surface area contributed by atoms with Crippen LogP contribution in [0, 0.1) is 13.8 Å². The first-order valence-electron chi connectivity index (χ1n) is 11.6. The molecular formula is C28H24N6O. The van der Waals surface area contributed by atoms with Gasteiger partial charge >= 0.3 is 0 Å². The number of hydrogen-bond donors (Lipinski definition) is 2. The molecule has 0 bridgehead atoms. The minimum atomic E-state index is -0.350.